The second kappa shape index (κ2) is 12.1. The van der Waals surface area contributed by atoms with E-state index < -0.39 is 0 Å². The van der Waals surface area contributed by atoms with E-state index in [0.29, 0.717) is 6.61 Å². The molecule has 1 aromatic carbocycles. The van der Waals surface area contributed by atoms with E-state index in [0.717, 1.165) is 70.5 Å². The van der Waals surface area contributed by atoms with Gasteiger partial charge < -0.3 is 24.6 Å². The van der Waals surface area contributed by atoms with Gasteiger partial charge in [0.2, 0.25) is 0 Å². The molecule has 32 heavy (non-hydrogen) atoms. The minimum Gasteiger partial charge on any atom is -0.494 e. The fraction of sp³-hybridized carbons (Fsp3) is 0.542. The number of piperazine rings is 1. The molecule has 0 unspecified atom stereocenters. The molecule has 0 bridgehead atoms. The first kappa shape index (κ1) is 25.1. The van der Waals surface area contributed by atoms with Crippen LogP contribution in [0.5, 0.6) is 5.75 Å². The van der Waals surface area contributed by atoms with Gasteiger partial charge in [0.05, 0.1) is 11.6 Å². The summed E-state index contributed by atoms with van der Waals surface area (Å²) < 4.78 is 11.3. The molecule has 0 aliphatic carbocycles. The van der Waals surface area contributed by atoms with E-state index in [4.69, 9.17) is 9.47 Å². The Morgan fingerprint density at radius 2 is 1.84 bits per heavy atom. The standard InChI is InChI=1S/C24H34N4O2S.HI/c1-3-30-21-8-6-20(7-9-21)24(10-16-29-17-11-24)19-26-23(25-2)28-14-12-27(13-15-28)22-5-4-18-31-22;/h4-9,18H,3,10-17,19H2,1-2H3,(H,25,26);1H. The number of aliphatic imine (C=N–C) groups is 1. The van der Waals surface area contributed by atoms with E-state index in [1.54, 1.807) is 0 Å². The number of nitrogens with one attached hydrogen (secondary N) is 1. The van der Waals surface area contributed by atoms with Gasteiger partial charge in [-0.3, -0.25) is 4.99 Å². The van der Waals surface area contributed by atoms with E-state index in [1.165, 1.54) is 10.6 Å². The molecule has 176 valence electrons. The van der Waals surface area contributed by atoms with Gasteiger partial charge in [-0.1, -0.05) is 12.1 Å². The van der Waals surface area contributed by atoms with Gasteiger partial charge in [0.1, 0.15) is 5.75 Å². The summed E-state index contributed by atoms with van der Waals surface area (Å²) >= 11 is 1.82. The number of anilines is 1. The van der Waals surface area contributed by atoms with Crippen molar-refractivity contribution >= 4 is 46.3 Å². The van der Waals surface area contributed by atoms with Crippen molar-refractivity contribution in [1.82, 2.24) is 10.2 Å². The van der Waals surface area contributed by atoms with Crippen LogP contribution in [-0.2, 0) is 10.2 Å². The molecule has 2 aromatic rings. The molecule has 0 amide bonds. The minimum atomic E-state index is 0. The van der Waals surface area contributed by atoms with Gasteiger partial charge in [0.15, 0.2) is 5.96 Å². The Morgan fingerprint density at radius 1 is 1.12 bits per heavy atom. The van der Waals surface area contributed by atoms with Crippen molar-refractivity contribution in [2.75, 3.05) is 64.5 Å². The van der Waals surface area contributed by atoms with Crippen LogP contribution in [0.2, 0.25) is 0 Å². The number of hydrogen-bond acceptors (Lipinski definition) is 5. The molecule has 0 spiro atoms. The molecule has 1 N–H and O–H groups in total. The zero-order chi connectivity index (χ0) is 21.5. The Kier molecular flexibility index (Phi) is 9.48. The van der Waals surface area contributed by atoms with E-state index in [1.807, 2.05) is 25.3 Å². The molecule has 3 heterocycles. The van der Waals surface area contributed by atoms with Crippen molar-refractivity contribution < 1.29 is 9.47 Å². The molecule has 6 nitrogen and oxygen atoms in total. The highest BCUT2D eigenvalue weighted by Crippen LogP contribution is 2.35. The molecular formula is C24H35IN4O2S. The van der Waals surface area contributed by atoms with Crippen LogP contribution in [0.15, 0.2) is 46.8 Å². The quantitative estimate of drug-likeness (QED) is 0.321. The van der Waals surface area contributed by atoms with Gasteiger partial charge in [-0.05, 0) is 55.0 Å². The second-order valence-corrected chi connectivity index (χ2v) is 9.10. The Bertz CT molecular complexity index is 830. The van der Waals surface area contributed by atoms with Crippen molar-refractivity contribution in [3.63, 3.8) is 0 Å². The summed E-state index contributed by atoms with van der Waals surface area (Å²) in [5.74, 6) is 1.93. The Morgan fingerprint density at radius 3 is 2.44 bits per heavy atom. The van der Waals surface area contributed by atoms with Crippen LogP contribution < -0.4 is 15.0 Å². The number of thiophene rings is 1. The summed E-state index contributed by atoms with van der Waals surface area (Å²) in [5, 5.41) is 7.22. The number of halogens is 1. The van der Waals surface area contributed by atoms with Crippen LogP contribution in [0.25, 0.3) is 0 Å². The first-order valence-corrected chi connectivity index (χ1v) is 12.2. The van der Waals surface area contributed by atoms with Crippen LogP contribution in [0.4, 0.5) is 5.00 Å². The first-order chi connectivity index (χ1) is 15.2. The smallest absolute Gasteiger partial charge is 0.193 e. The number of benzene rings is 1. The molecule has 2 aliphatic heterocycles. The SMILES string of the molecule is CCOc1ccc(C2(CNC(=NC)N3CCN(c4cccs4)CC3)CCOCC2)cc1.I. The van der Waals surface area contributed by atoms with Crippen molar-refractivity contribution in [3.8, 4) is 5.75 Å². The van der Waals surface area contributed by atoms with Gasteiger partial charge in [-0.25, -0.2) is 0 Å². The predicted molar refractivity (Wildman–Crippen MR) is 144 cm³/mol. The number of nitrogens with zero attached hydrogens (tertiary/aromatic N) is 3. The molecule has 0 radical (unpaired) electrons. The molecular weight excluding hydrogens is 535 g/mol. The Balaban J connectivity index is 0.00000289. The average molecular weight is 571 g/mol. The van der Waals surface area contributed by atoms with E-state index in [9.17, 15) is 0 Å². The summed E-state index contributed by atoms with van der Waals surface area (Å²) in [6.45, 7) is 9.19. The maximum absolute atomic E-state index is 5.71. The summed E-state index contributed by atoms with van der Waals surface area (Å²) in [6.07, 6.45) is 2.02. The highest BCUT2D eigenvalue weighted by molar-refractivity contribution is 14.0. The van der Waals surface area contributed by atoms with Crippen molar-refractivity contribution in [1.29, 1.82) is 0 Å². The number of rotatable bonds is 6. The van der Waals surface area contributed by atoms with Gasteiger partial charge in [-0.2, -0.15) is 0 Å². The topological polar surface area (TPSA) is 49.3 Å². The fourth-order valence-corrected chi connectivity index (χ4v) is 5.36. The molecule has 1 aromatic heterocycles. The maximum atomic E-state index is 5.71. The summed E-state index contributed by atoms with van der Waals surface area (Å²) in [6, 6.07) is 13.0. The lowest BCUT2D eigenvalue weighted by molar-refractivity contribution is 0.0511. The van der Waals surface area contributed by atoms with Gasteiger partial charge >= 0.3 is 0 Å². The maximum Gasteiger partial charge on any atom is 0.193 e. The first-order valence-electron chi connectivity index (χ1n) is 11.3. The normalized spacial score (nSPS) is 18.8. The molecule has 2 fully saturated rings. The summed E-state index contributed by atoms with van der Waals surface area (Å²) in [5.41, 5.74) is 1.40. The molecule has 2 aliphatic rings. The average Bonchev–Trinajstić information content (AvgIpc) is 3.36. The third-order valence-corrected chi connectivity index (χ3v) is 7.35. The van der Waals surface area contributed by atoms with Crippen LogP contribution in [0.1, 0.15) is 25.3 Å². The zero-order valence-electron chi connectivity index (χ0n) is 19.1. The predicted octanol–water partition coefficient (Wildman–Crippen LogP) is 4.21. The highest BCUT2D eigenvalue weighted by atomic mass is 127. The highest BCUT2D eigenvalue weighted by Gasteiger charge is 2.35. The molecule has 0 saturated carbocycles. The zero-order valence-corrected chi connectivity index (χ0v) is 22.2. The van der Waals surface area contributed by atoms with Gasteiger partial charge in [-0.15, -0.1) is 35.3 Å². The van der Waals surface area contributed by atoms with Crippen molar-refractivity contribution in [2.45, 2.75) is 25.2 Å². The third kappa shape index (κ3) is 5.88. The lowest BCUT2D eigenvalue weighted by atomic mass is 9.74. The molecule has 4 rings (SSSR count). The number of guanidine groups is 1. The van der Waals surface area contributed by atoms with Crippen LogP contribution in [0, 0.1) is 0 Å². The van der Waals surface area contributed by atoms with E-state index in [-0.39, 0.29) is 29.4 Å². The van der Waals surface area contributed by atoms with Crippen molar-refractivity contribution in [3.05, 3.63) is 47.3 Å². The summed E-state index contributed by atoms with van der Waals surface area (Å²) in [7, 11) is 1.89. The van der Waals surface area contributed by atoms with E-state index >= 15 is 0 Å². The Hall–Kier alpha value is -1.52. The van der Waals surface area contributed by atoms with E-state index in [2.05, 4.69) is 61.9 Å². The molecule has 2 saturated heterocycles. The number of hydrogen-bond donors (Lipinski definition) is 1. The monoisotopic (exact) mass is 570 g/mol. The summed E-state index contributed by atoms with van der Waals surface area (Å²) in [4.78, 5) is 9.46. The lowest BCUT2D eigenvalue weighted by Crippen LogP contribution is -2.54. The molecule has 8 heteroatoms. The molecule has 0 atom stereocenters. The largest absolute Gasteiger partial charge is 0.494 e. The van der Waals surface area contributed by atoms with Crippen molar-refractivity contribution in [2.24, 2.45) is 4.99 Å². The number of ether oxygens (including phenoxy) is 2. The van der Waals surface area contributed by atoms with Crippen LogP contribution in [-0.4, -0.2) is 70.5 Å². The second-order valence-electron chi connectivity index (χ2n) is 8.18. The minimum absolute atomic E-state index is 0. The van der Waals surface area contributed by atoms with Crippen LogP contribution >= 0.6 is 35.3 Å². The lowest BCUT2D eigenvalue weighted by Gasteiger charge is -2.41. The van der Waals surface area contributed by atoms with Crippen LogP contribution in [0.3, 0.4) is 0 Å². The third-order valence-electron chi connectivity index (χ3n) is 6.42. The van der Waals surface area contributed by atoms with Gasteiger partial charge in [0, 0.05) is 58.4 Å². The fourth-order valence-electron chi connectivity index (χ4n) is 4.57. The Labute approximate surface area is 213 Å². The van der Waals surface area contributed by atoms with Gasteiger partial charge in [0.25, 0.3) is 0 Å².